The fourth-order valence-corrected chi connectivity index (χ4v) is 11.4. The van der Waals surface area contributed by atoms with Gasteiger partial charge in [-0.25, -0.2) is 18.9 Å². The van der Waals surface area contributed by atoms with Gasteiger partial charge in [0.1, 0.15) is 41.0 Å². The molecule has 25 nitrogen and oxygen atoms in total. The zero-order chi connectivity index (χ0) is 69.0. The van der Waals surface area contributed by atoms with Crippen molar-refractivity contribution in [2.45, 2.75) is 136 Å². The summed E-state index contributed by atoms with van der Waals surface area (Å²) in [5, 5.41) is 22.6. The number of nitrogens with two attached hydrogens (primary N) is 1. The van der Waals surface area contributed by atoms with Gasteiger partial charge in [-0.15, -0.1) is 12.3 Å². The summed E-state index contributed by atoms with van der Waals surface area (Å²) in [6.07, 6.45) is 18.8. The topological polar surface area (TPSA) is 328 Å². The molecule has 514 valence electrons. The lowest BCUT2D eigenvalue weighted by atomic mass is 9.91. The Morgan fingerprint density at radius 3 is 2.12 bits per heavy atom. The molecule has 3 amide bonds. The largest absolute Gasteiger partial charge is 0.508 e. The predicted molar refractivity (Wildman–Crippen MR) is 363 cm³/mol. The Morgan fingerprint density at radius 1 is 0.755 bits per heavy atom. The van der Waals surface area contributed by atoms with E-state index in [1.54, 1.807) is 81.7 Å². The summed E-state index contributed by atoms with van der Waals surface area (Å²) in [6.45, 7) is 9.59. The summed E-state index contributed by atoms with van der Waals surface area (Å²) in [4.78, 5) is 112. The number of amides is 3. The number of alkyl carbamates (subject to hydrolysis) is 1. The Hall–Kier alpha value is -8.30. The molecular formula is C68H97N10O15P. The highest BCUT2D eigenvalue weighted by atomic mass is 31.2. The summed E-state index contributed by atoms with van der Waals surface area (Å²) in [7, 11) is 4.34. The highest BCUT2D eigenvalue weighted by Gasteiger charge is 2.32. The number of ketones is 3. The average molecular weight is 1330 g/mol. The minimum Gasteiger partial charge on any atom is -0.508 e. The SMILES string of the molecule is C#CCCC(=O)CCCCCNC(=O)OCCCN(C)C(=O)CCCCC(=O)CCCOCCOc1nc(N(C)CC(N)=O)nc(N2CCN(P(C)(=O)N(C)C)CC2)n1.CCCCCCCC(C)=O.O=C(O)c1ccccc1-c1c2ccc(=O)cc-2oc2cc(O)ccc12. The summed E-state index contributed by atoms with van der Waals surface area (Å²) in [5.41, 5.74) is 7.49. The number of piperazine rings is 1. The standard InChI is InChI=1S/C39H67N10O9P.C20H12O5.C9H18O/c1-7-8-16-32(50)17-10-9-13-21-41-39(54)58-28-15-22-46(4)35(53)20-12-11-18-33(51)19-14-27-56-29-30-57-38-43-36(47(5)31-34(40)52)42-37(44-38)48-23-25-49(26-24-48)59(6,55)45(2)3;21-11-5-7-15-17(9-11)25-18-10-12(22)6-8-16(18)19(15)13-3-1-2-4-14(13)20(23)24;1-3-4-5-6-7-8-9(2)10/h1H,8-31H2,2-6H3,(H2,40,52)(H,41,54);1-10,21H,(H,23,24);3-8H2,1-2H3. The molecule has 1 aromatic heterocycles. The van der Waals surface area contributed by atoms with Gasteiger partial charge in [0.15, 0.2) is 5.43 Å². The second-order valence-electron chi connectivity index (χ2n) is 23.3. The average Bonchev–Trinajstić information content (AvgIpc) is 0.755. The number of carbonyl (C=O) groups is 7. The summed E-state index contributed by atoms with van der Waals surface area (Å²) >= 11 is 0. The van der Waals surface area contributed by atoms with Crippen LogP contribution in [0.1, 0.15) is 146 Å². The van der Waals surface area contributed by atoms with Gasteiger partial charge in [-0.05, 0) is 102 Å². The Bertz CT molecular complexity index is 3370. The quantitative estimate of drug-likeness (QED) is 0.0123. The highest BCUT2D eigenvalue weighted by molar-refractivity contribution is 7.58. The van der Waals surface area contributed by atoms with Crippen LogP contribution in [0.25, 0.3) is 33.4 Å². The number of ether oxygens (including phenoxy) is 3. The second kappa shape index (κ2) is 42.1. The van der Waals surface area contributed by atoms with E-state index < -0.39 is 25.4 Å². The maximum Gasteiger partial charge on any atom is 0.407 e. The summed E-state index contributed by atoms with van der Waals surface area (Å²) in [5.74, 6) is 2.42. The van der Waals surface area contributed by atoms with E-state index in [0.717, 1.165) is 32.1 Å². The number of Topliss-reactive ketones (excluding diaryl/α,β-unsaturated/α-hetero) is 3. The first-order valence-corrected chi connectivity index (χ1v) is 34.4. The number of hydrogen-bond donors (Lipinski definition) is 4. The van der Waals surface area contributed by atoms with Crippen molar-refractivity contribution >= 4 is 71.5 Å². The lowest BCUT2D eigenvalue weighted by Crippen LogP contribution is -2.47. The minimum absolute atomic E-state index is 0.0198. The zero-order valence-corrected chi connectivity index (χ0v) is 56.8. The molecule has 1 saturated heterocycles. The first-order valence-electron chi connectivity index (χ1n) is 32.3. The monoisotopic (exact) mass is 1320 g/mol. The van der Waals surface area contributed by atoms with Crippen LogP contribution in [0.4, 0.5) is 16.7 Å². The van der Waals surface area contributed by atoms with Crippen LogP contribution in [-0.2, 0) is 38.0 Å². The minimum atomic E-state index is -2.63. The Kier molecular flexibility index (Phi) is 35.0. The maximum absolute atomic E-state index is 13.1. The number of benzene rings is 3. The second-order valence-corrected chi connectivity index (χ2v) is 26.3. The van der Waals surface area contributed by atoms with E-state index >= 15 is 0 Å². The molecule has 2 aliphatic heterocycles. The molecule has 3 heterocycles. The fraction of sp³-hybridized carbons (Fsp3) is 0.544. The zero-order valence-electron chi connectivity index (χ0n) is 55.9. The van der Waals surface area contributed by atoms with Gasteiger partial charge < -0.3 is 59.4 Å². The number of rotatable bonds is 39. The van der Waals surface area contributed by atoms with E-state index in [-0.39, 0.29) is 72.5 Å². The third-order valence-corrected chi connectivity index (χ3v) is 18.3. The van der Waals surface area contributed by atoms with Crippen molar-refractivity contribution < 1.29 is 67.0 Å². The first kappa shape index (κ1) is 78.1. The van der Waals surface area contributed by atoms with Crippen molar-refractivity contribution in [1.29, 1.82) is 0 Å². The van der Waals surface area contributed by atoms with Crippen molar-refractivity contribution in [3.63, 3.8) is 0 Å². The van der Waals surface area contributed by atoms with Gasteiger partial charge in [-0.3, -0.25) is 28.5 Å². The van der Waals surface area contributed by atoms with E-state index in [0.29, 0.717) is 155 Å². The van der Waals surface area contributed by atoms with Gasteiger partial charge in [0, 0.05) is 140 Å². The lowest BCUT2D eigenvalue weighted by molar-refractivity contribution is -0.130. The van der Waals surface area contributed by atoms with Gasteiger partial charge in [0.25, 0.3) is 0 Å². The van der Waals surface area contributed by atoms with Crippen molar-refractivity contribution in [2.75, 3.05) is 117 Å². The Labute approximate surface area is 552 Å². The van der Waals surface area contributed by atoms with Gasteiger partial charge in [-0.2, -0.15) is 15.0 Å². The number of carboxylic acid groups (broad SMARTS) is 1. The molecule has 6 rings (SSSR count). The van der Waals surface area contributed by atoms with E-state index in [1.807, 2.05) is 9.57 Å². The number of aromatic carboxylic acids is 1. The van der Waals surface area contributed by atoms with Crippen molar-refractivity contribution in [1.82, 2.24) is 34.5 Å². The third kappa shape index (κ3) is 28.1. The molecule has 0 radical (unpaired) electrons. The van der Waals surface area contributed by atoms with Crippen LogP contribution in [0.3, 0.4) is 0 Å². The molecule has 3 aromatic rings. The van der Waals surface area contributed by atoms with E-state index in [4.69, 9.17) is 30.8 Å². The smallest absolute Gasteiger partial charge is 0.407 e. The van der Waals surface area contributed by atoms with E-state index in [9.17, 15) is 53.1 Å². The Balaban J connectivity index is 0.000000432. The van der Waals surface area contributed by atoms with E-state index in [2.05, 4.69) is 33.1 Å². The molecule has 2 aromatic carbocycles. The number of nitrogens with one attached hydrogen (secondary N) is 1. The first-order chi connectivity index (χ1) is 44.9. The van der Waals surface area contributed by atoms with E-state index in [1.165, 1.54) is 60.9 Å². The van der Waals surface area contributed by atoms with Gasteiger partial charge in [0.2, 0.25) is 31.2 Å². The number of nitrogens with zero attached hydrogens (tertiary/aromatic N) is 8. The normalized spacial score (nSPS) is 12.7. The van der Waals surface area contributed by atoms with Crippen LogP contribution < -0.4 is 31.0 Å². The molecule has 1 aliphatic carbocycles. The molecule has 26 heteroatoms. The molecule has 0 bridgehead atoms. The molecule has 1 atom stereocenters. The number of anilines is 2. The van der Waals surface area contributed by atoms with Gasteiger partial charge >= 0.3 is 18.1 Å². The van der Waals surface area contributed by atoms with Crippen LogP contribution in [-0.4, -0.2) is 188 Å². The van der Waals surface area contributed by atoms with Gasteiger partial charge in [0.05, 0.1) is 25.3 Å². The number of aromatic hydroxyl groups is 1. The Morgan fingerprint density at radius 2 is 1.43 bits per heavy atom. The molecular weight excluding hydrogens is 1230 g/mol. The van der Waals surface area contributed by atoms with Crippen molar-refractivity contribution in [3.8, 4) is 46.6 Å². The molecule has 94 heavy (non-hydrogen) atoms. The fourth-order valence-electron chi connectivity index (χ4n) is 9.92. The van der Waals surface area contributed by atoms with Crippen LogP contribution in [0.15, 0.2) is 69.9 Å². The lowest BCUT2D eigenvalue weighted by Gasteiger charge is -2.39. The molecule has 0 saturated carbocycles. The molecule has 5 N–H and O–H groups in total. The number of carboxylic acids is 1. The number of hydrogen-bond acceptors (Lipinski definition) is 19. The number of aromatic nitrogens is 3. The molecule has 1 unspecified atom stereocenters. The molecule has 3 aliphatic rings. The number of terminal acetylenes is 1. The highest BCUT2D eigenvalue weighted by Crippen LogP contribution is 2.48. The molecule has 0 spiro atoms. The third-order valence-electron chi connectivity index (χ3n) is 15.4. The summed E-state index contributed by atoms with van der Waals surface area (Å²) < 4.78 is 39.2. The number of carbonyl (C=O) groups excluding carboxylic acids is 6. The number of primary amides is 1. The van der Waals surface area contributed by atoms with Crippen molar-refractivity contribution in [3.05, 3.63) is 76.5 Å². The van der Waals surface area contributed by atoms with Gasteiger partial charge in [-0.1, -0.05) is 57.2 Å². The number of phenolic OH excluding ortho intramolecular Hbond substituents is 1. The molecule has 1 fully saturated rings. The number of fused-ring (bicyclic) bond motifs is 2. The van der Waals surface area contributed by atoms with Crippen LogP contribution in [0.5, 0.6) is 11.8 Å². The van der Waals surface area contributed by atoms with Crippen LogP contribution in [0.2, 0.25) is 0 Å². The number of unbranched alkanes of at least 4 members (excludes halogenated alkanes) is 7. The predicted octanol–water partition coefficient (Wildman–Crippen LogP) is 9.63. The number of phenols is 1. The van der Waals surface area contributed by atoms with Crippen LogP contribution in [0, 0.1) is 12.3 Å². The number of likely N-dealkylation sites (N-methyl/N-ethyl adjacent to an activating group) is 1. The summed E-state index contributed by atoms with van der Waals surface area (Å²) in [6, 6.07) is 15.8. The van der Waals surface area contributed by atoms with Crippen molar-refractivity contribution in [2.24, 2.45) is 5.73 Å². The van der Waals surface area contributed by atoms with Crippen LogP contribution >= 0.6 is 7.44 Å². The maximum atomic E-state index is 13.1.